The third-order valence-electron chi connectivity index (χ3n) is 3.16. The smallest absolute Gasteiger partial charge is 0.143 e. The molecule has 20 heavy (non-hydrogen) atoms. The van der Waals surface area contributed by atoms with Crippen LogP contribution >= 0.6 is 0 Å². The molecule has 0 atom stereocenters. The molecule has 2 rings (SSSR count). The van der Waals surface area contributed by atoms with E-state index in [1.54, 1.807) is 12.1 Å². The van der Waals surface area contributed by atoms with Crippen LogP contribution in [0.1, 0.15) is 30.8 Å². The van der Waals surface area contributed by atoms with Crippen LogP contribution in [0.5, 0.6) is 0 Å². The van der Waals surface area contributed by atoms with Crippen LogP contribution in [0.4, 0.5) is 10.1 Å². The molecular weight excluding hydrogens is 255 g/mol. The number of aromatic nitrogens is 2. The van der Waals surface area contributed by atoms with Gasteiger partial charge in [-0.3, -0.25) is 4.68 Å². The highest BCUT2D eigenvalue weighted by atomic mass is 19.1. The molecule has 0 aliphatic carbocycles. The number of hydrogen-bond donors (Lipinski definition) is 1. The molecule has 4 nitrogen and oxygen atoms in total. The fourth-order valence-electron chi connectivity index (χ4n) is 2.07. The van der Waals surface area contributed by atoms with Crippen molar-refractivity contribution in [2.75, 3.05) is 5.32 Å². The van der Waals surface area contributed by atoms with Crippen molar-refractivity contribution in [2.45, 2.75) is 33.4 Å². The van der Waals surface area contributed by atoms with E-state index in [0.717, 1.165) is 24.4 Å². The second kappa shape index (κ2) is 6.20. The Bertz CT molecular complexity index is 640. The van der Waals surface area contributed by atoms with Crippen molar-refractivity contribution in [3.05, 3.63) is 47.0 Å². The summed E-state index contributed by atoms with van der Waals surface area (Å²) in [5.41, 5.74) is 2.61. The van der Waals surface area contributed by atoms with Crippen LogP contribution < -0.4 is 5.32 Å². The topological polar surface area (TPSA) is 53.6 Å². The third kappa shape index (κ3) is 2.80. The highest BCUT2D eigenvalue weighted by molar-refractivity contribution is 5.57. The molecule has 0 bridgehead atoms. The summed E-state index contributed by atoms with van der Waals surface area (Å²) in [6.45, 7) is 5.38. The summed E-state index contributed by atoms with van der Waals surface area (Å²) < 4.78 is 15.4. The summed E-state index contributed by atoms with van der Waals surface area (Å²) in [4.78, 5) is 0. The Morgan fingerprint density at radius 2 is 2.20 bits per heavy atom. The van der Waals surface area contributed by atoms with Crippen LogP contribution in [0.25, 0.3) is 0 Å². The summed E-state index contributed by atoms with van der Waals surface area (Å²) in [5.74, 6) is -0.504. The number of nitriles is 1. The van der Waals surface area contributed by atoms with Crippen molar-refractivity contribution in [2.24, 2.45) is 0 Å². The minimum Gasteiger partial charge on any atom is -0.378 e. The van der Waals surface area contributed by atoms with Crippen molar-refractivity contribution < 1.29 is 4.39 Å². The first-order valence-electron chi connectivity index (χ1n) is 6.67. The van der Waals surface area contributed by atoms with Crippen LogP contribution in [0.3, 0.4) is 0 Å². The predicted molar refractivity (Wildman–Crippen MR) is 75.7 cm³/mol. The van der Waals surface area contributed by atoms with Crippen LogP contribution in [0.15, 0.2) is 24.3 Å². The Balaban J connectivity index is 2.19. The van der Waals surface area contributed by atoms with Gasteiger partial charge in [0.15, 0.2) is 0 Å². The molecule has 104 valence electrons. The molecule has 1 N–H and O–H groups in total. The number of nitrogens with one attached hydrogen (secondary N) is 1. The largest absolute Gasteiger partial charge is 0.378 e. The number of anilines is 1. The number of benzene rings is 1. The molecule has 0 aliphatic rings. The predicted octanol–water partition coefficient (Wildman–Crippen LogP) is 3.09. The normalized spacial score (nSPS) is 10.3. The number of halogens is 1. The third-order valence-corrected chi connectivity index (χ3v) is 3.16. The molecule has 0 amide bonds. The molecule has 0 aliphatic heterocycles. The highest BCUT2D eigenvalue weighted by Gasteiger charge is 2.09. The molecule has 0 radical (unpaired) electrons. The first-order chi connectivity index (χ1) is 9.69. The van der Waals surface area contributed by atoms with Gasteiger partial charge in [-0.25, -0.2) is 4.39 Å². The van der Waals surface area contributed by atoms with E-state index in [2.05, 4.69) is 17.3 Å². The zero-order valence-corrected chi connectivity index (χ0v) is 11.7. The lowest BCUT2D eigenvalue weighted by atomic mass is 10.2. The quantitative estimate of drug-likeness (QED) is 0.910. The van der Waals surface area contributed by atoms with Crippen LogP contribution in [-0.2, 0) is 19.5 Å². The minimum absolute atomic E-state index is 0.0470. The lowest BCUT2D eigenvalue weighted by Gasteiger charge is -2.09. The highest BCUT2D eigenvalue weighted by Crippen LogP contribution is 2.19. The SMILES string of the molecule is CCc1cc(CNc2cccc(F)c2C#N)n(CC)n1. The average molecular weight is 272 g/mol. The van der Waals surface area contributed by atoms with E-state index in [1.165, 1.54) is 6.07 Å². The summed E-state index contributed by atoms with van der Waals surface area (Å²) in [6, 6.07) is 8.50. The fraction of sp³-hybridized carbons (Fsp3) is 0.333. The summed E-state index contributed by atoms with van der Waals surface area (Å²) in [7, 11) is 0. The number of hydrogen-bond acceptors (Lipinski definition) is 3. The van der Waals surface area contributed by atoms with Crippen LogP contribution in [0.2, 0.25) is 0 Å². The molecular formula is C15H17FN4. The van der Waals surface area contributed by atoms with Gasteiger partial charge in [0.1, 0.15) is 17.4 Å². The van der Waals surface area contributed by atoms with Gasteiger partial charge in [0.25, 0.3) is 0 Å². The molecule has 0 saturated carbocycles. The summed E-state index contributed by atoms with van der Waals surface area (Å²) in [5, 5.41) is 16.6. The lowest BCUT2D eigenvalue weighted by Crippen LogP contribution is -2.09. The second-order valence-corrected chi connectivity index (χ2v) is 4.42. The second-order valence-electron chi connectivity index (χ2n) is 4.42. The summed E-state index contributed by atoms with van der Waals surface area (Å²) in [6.07, 6.45) is 0.878. The zero-order valence-electron chi connectivity index (χ0n) is 11.7. The number of rotatable bonds is 5. The van der Waals surface area contributed by atoms with Gasteiger partial charge in [-0.15, -0.1) is 0 Å². The van der Waals surface area contributed by atoms with Gasteiger partial charge < -0.3 is 5.32 Å². The molecule has 0 spiro atoms. The number of nitrogens with zero attached hydrogens (tertiary/aromatic N) is 3. The van der Waals surface area contributed by atoms with Crippen molar-refractivity contribution in [3.8, 4) is 6.07 Å². The van der Waals surface area contributed by atoms with Gasteiger partial charge in [0.2, 0.25) is 0 Å². The molecule has 1 heterocycles. The van der Waals surface area contributed by atoms with E-state index >= 15 is 0 Å². The Morgan fingerprint density at radius 3 is 2.85 bits per heavy atom. The maximum Gasteiger partial charge on any atom is 0.143 e. The lowest BCUT2D eigenvalue weighted by molar-refractivity contribution is 0.617. The Kier molecular flexibility index (Phi) is 4.36. The Morgan fingerprint density at radius 1 is 1.40 bits per heavy atom. The first-order valence-corrected chi connectivity index (χ1v) is 6.67. The monoisotopic (exact) mass is 272 g/mol. The minimum atomic E-state index is -0.504. The zero-order chi connectivity index (χ0) is 14.5. The fourth-order valence-corrected chi connectivity index (χ4v) is 2.07. The van der Waals surface area contributed by atoms with E-state index in [9.17, 15) is 4.39 Å². The maximum absolute atomic E-state index is 13.5. The van der Waals surface area contributed by atoms with Gasteiger partial charge in [0.05, 0.1) is 23.6 Å². The van der Waals surface area contributed by atoms with Gasteiger partial charge in [-0.1, -0.05) is 13.0 Å². The van der Waals surface area contributed by atoms with Crippen molar-refractivity contribution in [3.63, 3.8) is 0 Å². The van der Waals surface area contributed by atoms with E-state index in [0.29, 0.717) is 12.2 Å². The van der Waals surface area contributed by atoms with Crippen molar-refractivity contribution >= 4 is 5.69 Å². The maximum atomic E-state index is 13.5. The first kappa shape index (κ1) is 14.1. The molecule has 1 aromatic heterocycles. The van der Waals surface area contributed by atoms with Gasteiger partial charge in [0, 0.05) is 6.54 Å². The molecule has 2 aromatic rings. The molecule has 0 unspecified atom stereocenters. The van der Waals surface area contributed by atoms with Gasteiger partial charge >= 0.3 is 0 Å². The van der Waals surface area contributed by atoms with E-state index in [-0.39, 0.29) is 5.56 Å². The Labute approximate surface area is 117 Å². The van der Waals surface area contributed by atoms with E-state index in [4.69, 9.17) is 5.26 Å². The molecule has 0 saturated heterocycles. The summed E-state index contributed by atoms with van der Waals surface area (Å²) >= 11 is 0. The van der Waals surface area contributed by atoms with Crippen molar-refractivity contribution in [1.82, 2.24) is 9.78 Å². The van der Waals surface area contributed by atoms with Crippen molar-refractivity contribution in [1.29, 1.82) is 5.26 Å². The van der Waals surface area contributed by atoms with E-state index in [1.807, 2.05) is 23.7 Å². The molecule has 0 fully saturated rings. The van der Waals surface area contributed by atoms with Gasteiger partial charge in [-0.05, 0) is 31.5 Å². The van der Waals surface area contributed by atoms with Crippen LogP contribution in [-0.4, -0.2) is 9.78 Å². The standard InChI is InChI=1S/C15H17FN4/c1-3-11-8-12(20(4-2)19-11)10-18-15-7-5-6-14(16)13(15)9-17/h5-8,18H,3-4,10H2,1-2H3. The molecule has 1 aromatic carbocycles. The van der Waals surface area contributed by atoms with E-state index < -0.39 is 5.82 Å². The number of aryl methyl sites for hydroxylation is 2. The Hall–Kier alpha value is -2.35. The van der Waals surface area contributed by atoms with Gasteiger partial charge in [-0.2, -0.15) is 10.4 Å². The molecule has 5 heteroatoms. The van der Waals surface area contributed by atoms with Crippen LogP contribution in [0, 0.1) is 17.1 Å². The average Bonchev–Trinajstić information content (AvgIpc) is 2.87.